The monoisotopic (exact) mass is 259 g/mol. The minimum absolute atomic E-state index is 0.286. The van der Waals surface area contributed by atoms with Gasteiger partial charge in [0.2, 0.25) is 0 Å². The molecule has 1 aliphatic rings. The molecule has 1 aliphatic heterocycles. The molecule has 0 bridgehead atoms. The Labute approximate surface area is 107 Å². The van der Waals surface area contributed by atoms with Crippen LogP contribution in [0.25, 0.3) is 0 Å². The Morgan fingerprint density at radius 2 is 2.00 bits per heavy atom. The first-order chi connectivity index (χ1) is 8.31. The van der Waals surface area contributed by atoms with Crippen LogP contribution in [0, 0.1) is 0 Å². The summed E-state index contributed by atoms with van der Waals surface area (Å²) in [7, 11) is 0. The Morgan fingerprint density at radius 3 is 2.56 bits per heavy atom. The van der Waals surface area contributed by atoms with Crippen LogP contribution >= 0.6 is 0 Å². The van der Waals surface area contributed by atoms with Gasteiger partial charge in [-0.3, -0.25) is 4.90 Å². The second-order valence-electron chi connectivity index (χ2n) is 5.28. The lowest BCUT2D eigenvalue weighted by atomic mass is 10.1. The van der Waals surface area contributed by atoms with Crippen LogP contribution in [0.5, 0.6) is 0 Å². The molecule has 1 heterocycles. The molecule has 0 aliphatic carbocycles. The van der Waals surface area contributed by atoms with E-state index in [1.54, 1.807) is 20.8 Å². The van der Waals surface area contributed by atoms with Crippen molar-refractivity contribution in [3.8, 4) is 0 Å². The standard InChI is InChI=1S/C12H21NO5/c1-12(2,3)18-11(16)13-6-4-7-17-8-5-9(13)10(14)15/h9H,4-8H2,1-3H3,(H,14,15). The molecular weight excluding hydrogens is 238 g/mol. The van der Waals surface area contributed by atoms with Crippen LogP contribution in [0.15, 0.2) is 0 Å². The number of hydrogen-bond donors (Lipinski definition) is 1. The first kappa shape index (κ1) is 14.8. The third-order valence-electron chi connectivity index (χ3n) is 2.51. The molecule has 1 rings (SSSR count). The summed E-state index contributed by atoms with van der Waals surface area (Å²) in [5.41, 5.74) is -0.626. The Kier molecular flexibility index (Phi) is 4.95. The first-order valence-corrected chi connectivity index (χ1v) is 6.11. The van der Waals surface area contributed by atoms with Crippen LogP contribution in [-0.2, 0) is 14.3 Å². The van der Waals surface area contributed by atoms with E-state index in [0.717, 1.165) is 0 Å². The minimum atomic E-state index is -1.02. The number of nitrogens with zero attached hydrogens (tertiary/aromatic N) is 1. The number of amides is 1. The largest absolute Gasteiger partial charge is 0.480 e. The zero-order valence-electron chi connectivity index (χ0n) is 11.1. The Balaban J connectivity index is 2.77. The molecule has 0 aromatic carbocycles. The number of hydrogen-bond acceptors (Lipinski definition) is 4. The molecule has 0 aromatic heterocycles. The highest BCUT2D eigenvalue weighted by atomic mass is 16.6. The van der Waals surface area contributed by atoms with Crippen LogP contribution in [-0.4, -0.2) is 53.5 Å². The zero-order valence-corrected chi connectivity index (χ0v) is 11.1. The van der Waals surface area contributed by atoms with Crippen LogP contribution in [0.2, 0.25) is 0 Å². The minimum Gasteiger partial charge on any atom is -0.480 e. The van der Waals surface area contributed by atoms with Gasteiger partial charge in [0.1, 0.15) is 11.6 Å². The van der Waals surface area contributed by atoms with E-state index in [2.05, 4.69) is 0 Å². The number of aliphatic carboxylic acids is 1. The summed E-state index contributed by atoms with van der Waals surface area (Å²) in [5.74, 6) is -1.02. The van der Waals surface area contributed by atoms with Crippen LogP contribution in [0.3, 0.4) is 0 Å². The fourth-order valence-electron chi connectivity index (χ4n) is 1.74. The second-order valence-corrected chi connectivity index (χ2v) is 5.28. The van der Waals surface area contributed by atoms with Gasteiger partial charge in [-0.1, -0.05) is 0 Å². The maximum absolute atomic E-state index is 12.0. The van der Waals surface area contributed by atoms with Crippen LogP contribution in [0.4, 0.5) is 4.79 Å². The lowest BCUT2D eigenvalue weighted by molar-refractivity contribution is -0.144. The van der Waals surface area contributed by atoms with E-state index in [-0.39, 0.29) is 6.42 Å². The van der Waals surface area contributed by atoms with Gasteiger partial charge in [-0.05, 0) is 27.2 Å². The van der Waals surface area contributed by atoms with Crippen molar-refractivity contribution in [2.75, 3.05) is 19.8 Å². The zero-order chi connectivity index (χ0) is 13.8. The van der Waals surface area contributed by atoms with E-state index in [1.807, 2.05) is 0 Å². The molecule has 0 saturated carbocycles. The molecule has 1 unspecified atom stereocenters. The normalized spacial score (nSPS) is 21.9. The number of carboxylic acids is 1. The summed E-state index contributed by atoms with van der Waals surface area (Å²) in [4.78, 5) is 24.5. The molecule has 1 N–H and O–H groups in total. The van der Waals surface area contributed by atoms with Crippen molar-refractivity contribution in [2.45, 2.75) is 45.3 Å². The fourth-order valence-corrected chi connectivity index (χ4v) is 1.74. The van der Waals surface area contributed by atoms with Crippen molar-refractivity contribution in [3.63, 3.8) is 0 Å². The molecule has 6 nitrogen and oxygen atoms in total. The highest BCUT2D eigenvalue weighted by Gasteiger charge is 2.33. The van der Waals surface area contributed by atoms with E-state index in [1.165, 1.54) is 4.90 Å². The van der Waals surface area contributed by atoms with Crippen LogP contribution < -0.4 is 0 Å². The molecule has 1 fully saturated rings. The van der Waals surface area contributed by atoms with Gasteiger partial charge in [-0.2, -0.15) is 0 Å². The molecule has 1 atom stereocenters. The summed E-state index contributed by atoms with van der Waals surface area (Å²) < 4.78 is 10.5. The number of rotatable bonds is 1. The number of carbonyl (C=O) groups excluding carboxylic acids is 1. The molecule has 0 radical (unpaired) electrons. The summed E-state index contributed by atoms with van der Waals surface area (Å²) in [5, 5.41) is 9.17. The third kappa shape index (κ3) is 4.52. The van der Waals surface area contributed by atoms with Gasteiger partial charge in [0.05, 0.1) is 0 Å². The van der Waals surface area contributed by atoms with Crippen molar-refractivity contribution >= 4 is 12.1 Å². The molecule has 0 spiro atoms. The number of carboxylic acid groups (broad SMARTS) is 1. The van der Waals surface area contributed by atoms with Crippen molar-refractivity contribution < 1.29 is 24.2 Å². The predicted molar refractivity (Wildman–Crippen MR) is 64.4 cm³/mol. The highest BCUT2D eigenvalue weighted by Crippen LogP contribution is 2.16. The van der Waals surface area contributed by atoms with Gasteiger partial charge >= 0.3 is 12.1 Å². The summed E-state index contributed by atoms with van der Waals surface area (Å²) >= 11 is 0. The Morgan fingerprint density at radius 1 is 1.33 bits per heavy atom. The Hall–Kier alpha value is -1.30. The summed E-state index contributed by atoms with van der Waals surface area (Å²) in [6.07, 6.45) is 0.328. The van der Waals surface area contributed by atoms with Crippen molar-refractivity contribution in [1.29, 1.82) is 0 Å². The maximum Gasteiger partial charge on any atom is 0.411 e. The maximum atomic E-state index is 12.0. The topological polar surface area (TPSA) is 76.1 Å². The quantitative estimate of drug-likeness (QED) is 0.772. The second kappa shape index (κ2) is 6.04. The fraction of sp³-hybridized carbons (Fsp3) is 0.833. The van der Waals surface area contributed by atoms with E-state index in [0.29, 0.717) is 26.2 Å². The number of carbonyl (C=O) groups is 2. The van der Waals surface area contributed by atoms with E-state index in [4.69, 9.17) is 14.6 Å². The molecule has 18 heavy (non-hydrogen) atoms. The van der Waals surface area contributed by atoms with Crippen molar-refractivity contribution in [1.82, 2.24) is 4.90 Å². The van der Waals surface area contributed by atoms with E-state index >= 15 is 0 Å². The van der Waals surface area contributed by atoms with E-state index in [9.17, 15) is 9.59 Å². The first-order valence-electron chi connectivity index (χ1n) is 6.11. The summed E-state index contributed by atoms with van der Waals surface area (Å²) in [6.45, 7) is 6.49. The molecule has 104 valence electrons. The SMILES string of the molecule is CC(C)(C)OC(=O)N1CCCOCCC1C(=O)O. The van der Waals surface area contributed by atoms with Crippen molar-refractivity contribution in [2.24, 2.45) is 0 Å². The average Bonchev–Trinajstić information content (AvgIpc) is 2.12. The van der Waals surface area contributed by atoms with Crippen LogP contribution in [0.1, 0.15) is 33.6 Å². The smallest absolute Gasteiger partial charge is 0.411 e. The average molecular weight is 259 g/mol. The lowest BCUT2D eigenvalue weighted by Crippen LogP contribution is -2.49. The molecular formula is C12H21NO5. The van der Waals surface area contributed by atoms with Gasteiger partial charge in [0.15, 0.2) is 0 Å². The third-order valence-corrected chi connectivity index (χ3v) is 2.51. The predicted octanol–water partition coefficient (Wildman–Crippen LogP) is 1.49. The Bertz CT molecular complexity index is 310. The van der Waals surface area contributed by atoms with Gasteiger partial charge in [0, 0.05) is 26.2 Å². The van der Waals surface area contributed by atoms with Gasteiger partial charge in [0.25, 0.3) is 0 Å². The molecule has 6 heteroatoms. The van der Waals surface area contributed by atoms with Gasteiger partial charge in [-0.15, -0.1) is 0 Å². The van der Waals surface area contributed by atoms with Gasteiger partial charge in [-0.25, -0.2) is 9.59 Å². The summed E-state index contributed by atoms with van der Waals surface area (Å²) in [6, 6.07) is -0.875. The number of ether oxygens (including phenoxy) is 2. The lowest BCUT2D eigenvalue weighted by Gasteiger charge is -2.32. The van der Waals surface area contributed by atoms with Gasteiger partial charge < -0.3 is 14.6 Å². The van der Waals surface area contributed by atoms with Crippen molar-refractivity contribution in [3.05, 3.63) is 0 Å². The van der Waals surface area contributed by atoms with E-state index < -0.39 is 23.7 Å². The highest BCUT2D eigenvalue weighted by molar-refractivity contribution is 5.80. The molecule has 1 amide bonds. The molecule has 1 saturated heterocycles. The molecule has 0 aromatic rings.